The van der Waals surface area contributed by atoms with Crippen molar-refractivity contribution in [1.82, 2.24) is 4.90 Å². The molecule has 0 aromatic heterocycles. The van der Waals surface area contributed by atoms with Crippen LogP contribution in [-0.4, -0.2) is 29.2 Å². The molecule has 0 aliphatic carbocycles. The van der Waals surface area contributed by atoms with Crippen LogP contribution < -0.4 is 0 Å². The Morgan fingerprint density at radius 1 is 1.36 bits per heavy atom. The smallest absolute Gasteiger partial charge is 0.407 e. The molecule has 3 nitrogen and oxygen atoms in total. The first-order chi connectivity index (χ1) is 6.74. The van der Waals surface area contributed by atoms with Gasteiger partial charge in [-0.25, -0.2) is 4.79 Å². The molecule has 0 spiro atoms. The molecule has 1 heterocycles. The van der Waals surface area contributed by atoms with Crippen LogP contribution in [0.25, 0.3) is 6.08 Å². The van der Waals surface area contributed by atoms with E-state index in [-0.39, 0.29) is 0 Å². The summed E-state index contributed by atoms with van der Waals surface area (Å²) in [6, 6.07) is 10.0. The molecule has 1 aliphatic heterocycles. The van der Waals surface area contributed by atoms with Crippen molar-refractivity contribution in [3.05, 3.63) is 42.5 Å². The number of hydrogen-bond donors (Lipinski definition) is 1. The summed E-state index contributed by atoms with van der Waals surface area (Å²) in [5.41, 5.74) is 1.17. The van der Waals surface area contributed by atoms with Crippen LogP contribution in [0.2, 0.25) is 0 Å². The molecule has 1 aliphatic rings. The number of hydrogen-bond acceptors (Lipinski definition) is 1. The lowest BCUT2D eigenvalue weighted by atomic mass is 10.2. The van der Waals surface area contributed by atoms with Crippen LogP contribution in [0.15, 0.2) is 36.9 Å². The lowest BCUT2D eigenvalue weighted by molar-refractivity contribution is 0.179. The van der Waals surface area contributed by atoms with Crippen molar-refractivity contribution >= 4 is 12.2 Å². The summed E-state index contributed by atoms with van der Waals surface area (Å²) in [4.78, 5) is 11.0. The highest BCUT2D eigenvalue weighted by Crippen LogP contribution is 2.00. The van der Waals surface area contributed by atoms with E-state index in [0.717, 1.165) is 13.1 Å². The molecule has 0 unspecified atom stereocenters. The molecule has 2 rings (SSSR count). The van der Waals surface area contributed by atoms with E-state index in [1.807, 2.05) is 36.4 Å². The number of benzene rings is 1. The molecule has 0 saturated carbocycles. The predicted molar refractivity (Wildman–Crippen MR) is 56.1 cm³/mol. The minimum atomic E-state index is -0.796. The van der Waals surface area contributed by atoms with Crippen LogP contribution in [0.3, 0.4) is 0 Å². The largest absolute Gasteiger partial charge is 0.465 e. The fourth-order valence-corrected chi connectivity index (χ4v) is 0.830. The van der Waals surface area contributed by atoms with Crippen LogP contribution in [0.1, 0.15) is 5.56 Å². The Labute approximate surface area is 83.3 Å². The molecule has 14 heavy (non-hydrogen) atoms. The van der Waals surface area contributed by atoms with Gasteiger partial charge >= 0.3 is 6.09 Å². The van der Waals surface area contributed by atoms with E-state index in [1.54, 1.807) is 0 Å². The van der Waals surface area contributed by atoms with Crippen molar-refractivity contribution in [2.75, 3.05) is 13.1 Å². The maximum Gasteiger partial charge on any atom is 0.407 e. The Balaban J connectivity index is 0.000000146. The Hall–Kier alpha value is -1.77. The second-order valence-corrected chi connectivity index (χ2v) is 2.88. The molecule has 0 bridgehead atoms. The first-order valence-corrected chi connectivity index (χ1v) is 4.39. The zero-order valence-electron chi connectivity index (χ0n) is 7.89. The van der Waals surface area contributed by atoms with Crippen molar-refractivity contribution in [2.45, 2.75) is 0 Å². The zero-order valence-corrected chi connectivity index (χ0v) is 7.89. The van der Waals surface area contributed by atoms with Gasteiger partial charge in [-0.2, -0.15) is 0 Å². The molecule has 1 fully saturated rings. The number of nitrogens with zero attached hydrogens (tertiary/aromatic N) is 1. The molecule has 1 N–H and O–H groups in total. The van der Waals surface area contributed by atoms with Gasteiger partial charge in [0.2, 0.25) is 0 Å². The van der Waals surface area contributed by atoms with Crippen molar-refractivity contribution in [3.63, 3.8) is 0 Å². The van der Waals surface area contributed by atoms with E-state index >= 15 is 0 Å². The summed E-state index contributed by atoms with van der Waals surface area (Å²) in [7, 11) is 0. The SMILES string of the molecule is C=Cc1ccccc1.O=C(O)N1CC1. The average molecular weight is 191 g/mol. The Morgan fingerprint density at radius 3 is 2.14 bits per heavy atom. The monoisotopic (exact) mass is 191 g/mol. The van der Waals surface area contributed by atoms with Crippen molar-refractivity contribution in [1.29, 1.82) is 0 Å². The Morgan fingerprint density at radius 2 is 1.93 bits per heavy atom. The van der Waals surface area contributed by atoms with E-state index in [9.17, 15) is 4.79 Å². The van der Waals surface area contributed by atoms with Crippen LogP contribution in [0.5, 0.6) is 0 Å². The highest BCUT2D eigenvalue weighted by Gasteiger charge is 2.22. The maximum absolute atomic E-state index is 9.69. The average Bonchev–Trinajstić information content (AvgIpc) is 3.03. The van der Waals surface area contributed by atoms with Crippen LogP contribution in [-0.2, 0) is 0 Å². The molecule has 74 valence electrons. The minimum Gasteiger partial charge on any atom is -0.465 e. The molecular formula is C11H13NO2. The molecule has 3 heteroatoms. The minimum absolute atomic E-state index is 0.731. The third kappa shape index (κ3) is 3.76. The van der Waals surface area contributed by atoms with Gasteiger partial charge in [0.25, 0.3) is 0 Å². The van der Waals surface area contributed by atoms with Gasteiger partial charge in [0.05, 0.1) is 0 Å². The predicted octanol–water partition coefficient (Wildman–Crippen LogP) is 2.31. The number of carboxylic acid groups (broad SMARTS) is 1. The topological polar surface area (TPSA) is 40.3 Å². The number of rotatable bonds is 1. The zero-order chi connectivity index (χ0) is 10.4. The molecule has 1 saturated heterocycles. The highest BCUT2D eigenvalue weighted by atomic mass is 16.4. The maximum atomic E-state index is 9.69. The first kappa shape index (κ1) is 10.3. The molecule has 1 aromatic rings. The lowest BCUT2D eigenvalue weighted by Gasteiger charge is -1.85. The summed E-state index contributed by atoms with van der Waals surface area (Å²) in [5.74, 6) is 0. The van der Waals surface area contributed by atoms with Crippen LogP contribution in [0, 0.1) is 0 Å². The second kappa shape index (κ2) is 5.07. The van der Waals surface area contributed by atoms with Gasteiger partial charge in [-0.15, -0.1) is 0 Å². The fraction of sp³-hybridized carbons (Fsp3) is 0.182. The molecular weight excluding hydrogens is 178 g/mol. The normalized spacial score (nSPS) is 12.4. The quantitative estimate of drug-likeness (QED) is 0.692. The van der Waals surface area contributed by atoms with E-state index in [0.29, 0.717) is 0 Å². The van der Waals surface area contributed by atoms with E-state index in [4.69, 9.17) is 5.11 Å². The van der Waals surface area contributed by atoms with Crippen molar-refractivity contribution < 1.29 is 9.90 Å². The summed E-state index contributed by atoms with van der Waals surface area (Å²) >= 11 is 0. The van der Waals surface area contributed by atoms with E-state index in [1.165, 1.54) is 10.5 Å². The van der Waals surface area contributed by atoms with Crippen molar-refractivity contribution in [3.8, 4) is 0 Å². The number of amides is 1. The third-order valence-corrected chi connectivity index (χ3v) is 1.75. The Kier molecular flexibility index (Phi) is 3.73. The second-order valence-electron chi connectivity index (χ2n) is 2.88. The van der Waals surface area contributed by atoms with E-state index in [2.05, 4.69) is 6.58 Å². The van der Waals surface area contributed by atoms with Gasteiger partial charge in [0, 0.05) is 13.1 Å². The number of carbonyl (C=O) groups is 1. The molecule has 1 amide bonds. The molecule has 0 atom stereocenters. The summed E-state index contributed by atoms with van der Waals surface area (Å²) in [5, 5.41) is 7.98. The van der Waals surface area contributed by atoms with Gasteiger partial charge in [-0.3, -0.25) is 0 Å². The van der Waals surface area contributed by atoms with Gasteiger partial charge in [-0.1, -0.05) is 43.0 Å². The van der Waals surface area contributed by atoms with Crippen LogP contribution >= 0.6 is 0 Å². The third-order valence-electron chi connectivity index (χ3n) is 1.75. The van der Waals surface area contributed by atoms with E-state index < -0.39 is 6.09 Å². The fourth-order valence-electron chi connectivity index (χ4n) is 0.830. The van der Waals surface area contributed by atoms with Gasteiger partial charge < -0.3 is 10.0 Å². The molecule has 0 radical (unpaired) electrons. The van der Waals surface area contributed by atoms with Crippen molar-refractivity contribution in [2.24, 2.45) is 0 Å². The van der Waals surface area contributed by atoms with Gasteiger partial charge in [-0.05, 0) is 5.56 Å². The molecule has 1 aromatic carbocycles. The summed E-state index contributed by atoms with van der Waals surface area (Å²) in [6.07, 6.45) is 1.04. The standard InChI is InChI=1S/C8H8.C3H5NO2/c1-2-8-6-4-3-5-7-8;5-3(6)4-1-2-4/h2-7H,1H2;1-2H2,(H,5,6). The van der Waals surface area contributed by atoms with Crippen LogP contribution in [0.4, 0.5) is 4.79 Å². The first-order valence-electron chi connectivity index (χ1n) is 4.39. The lowest BCUT2D eigenvalue weighted by Crippen LogP contribution is -2.04. The van der Waals surface area contributed by atoms with Gasteiger partial charge in [0.15, 0.2) is 0 Å². The summed E-state index contributed by atoms with van der Waals surface area (Å²) < 4.78 is 0. The Bertz CT molecular complexity index is 304. The van der Waals surface area contributed by atoms with Gasteiger partial charge in [0.1, 0.15) is 0 Å². The highest BCUT2D eigenvalue weighted by molar-refractivity contribution is 5.67. The summed E-state index contributed by atoms with van der Waals surface area (Å²) in [6.45, 7) is 5.09.